The van der Waals surface area contributed by atoms with E-state index in [-0.39, 0.29) is 5.91 Å². The molecule has 1 aliphatic heterocycles. The Kier molecular flexibility index (Phi) is 5.79. The summed E-state index contributed by atoms with van der Waals surface area (Å²) in [5.41, 5.74) is 2.18. The molecule has 154 valence electrons. The third-order valence-electron chi connectivity index (χ3n) is 6.43. The van der Waals surface area contributed by atoms with Gasteiger partial charge in [-0.05, 0) is 43.9 Å². The molecule has 4 heteroatoms. The Bertz CT molecular complexity index is 993. The van der Waals surface area contributed by atoms with Crippen molar-refractivity contribution in [2.45, 2.75) is 71.0 Å². The van der Waals surface area contributed by atoms with Gasteiger partial charge in [-0.1, -0.05) is 44.9 Å². The van der Waals surface area contributed by atoms with Crippen LogP contribution in [0, 0.1) is 0 Å². The van der Waals surface area contributed by atoms with Crippen LogP contribution in [-0.2, 0) is 11.3 Å². The molecule has 2 unspecified atom stereocenters. The lowest BCUT2D eigenvalue weighted by Gasteiger charge is -2.31. The minimum atomic E-state index is 0.255. The van der Waals surface area contributed by atoms with E-state index in [4.69, 9.17) is 4.74 Å². The van der Waals surface area contributed by atoms with Crippen LogP contribution in [0.2, 0.25) is 0 Å². The maximum Gasteiger partial charge on any atom is 0.243 e. The third-order valence-corrected chi connectivity index (χ3v) is 6.43. The number of likely N-dealkylation sites (tertiary alicyclic amines) is 1. The van der Waals surface area contributed by atoms with E-state index in [1.54, 1.807) is 7.11 Å². The lowest BCUT2D eigenvalue weighted by Crippen LogP contribution is -2.42. The van der Waals surface area contributed by atoms with Crippen molar-refractivity contribution in [2.24, 2.45) is 0 Å². The maximum atomic E-state index is 13.6. The van der Waals surface area contributed by atoms with Gasteiger partial charge in [0.15, 0.2) is 0 Å². The molecule has 1 aromatic heterocycles. The molecule has 4 nitrogen and oxygen atoms in total. The Morgan fingerprint density at radius 3 is 2.28 bits per heavy atom. The van der Waals surface area contributed by atoms with Gasteiger partial charge in [-0.15, -0.1) is 0 Å². The molecule has 2 heterocycles. The average Bonchev–Trinajstić information content (AvgIpc) is 3.27. The van der Waals surface area contributed by atoms with Gasteiger partial charge in [0.1, 0.15) is 12.3 Å². The molecule has 0 radical (unpaired) electrons. The van der Waals surface area contributed by atoms with Crippen molar-refractivity contribution in [3.05, 3.63) is 42.5 Å². The first kappa shape index (κ1) is 19.8. The standard InChI is InChI=1S/C25H32N2O2/c1-4-8-18-12-13-19(9-5-2)27(18)25(28)17-26-23-11-7-6-10-21(23)22-15-14-20(29-3)16-24(22)26/h6-7,10-11,14-16,18-19H,4-5,8-9,12-13,17H2,1-3H3. The number of benzene rings is 2. The van der Waals surface area contributed by atoms with Crippen molar-refractivity contribution in [1.82, 2.24) is 9.47 Å². The fourth-order valence-corrected chi connectivity index (χ4v) is 5.14. The highest BCUT2D eigenvalue weighted by Gasteiger charge is 2.35. The summed E-state index contributed by atoms with van der Waals surface area (Å²) in [6.45, 7) is 4.82. The number of hydrogen-bond acceptors (Lipinski definition) is 2. The highest BCUT2D eigenvalue weighted by Crippen LogP contribution is 2.34. The number of carbonyl (C=O) groups excluding carboxylic acids is 1. The van der Waals surface area contributed by atoms with Crippen LogP contribution in [0.5, 0.6) is 5.75 Å². The zero-order chi connectivity index (χ0) is 20.4. The number of nitrogens with zero attached hydrogens (tertiary/aromatic N) is 2. The molecule has 0 spiro atoms. The monoisotopic (exact) mass is 392 g/mol. The number of rotatable bonds is 7. The zero-order valence-electron chi connectivity index (χ0n) is 17.9. The topological polar surface area (TPSA) is 34.5 Å². The molecule has 1 amide bonds. The van der Waals surface area contributed by atoms with Gasteiger partial charge in [-0.25, -0.2) is 0 Å². The highest BCUT2D eigenvalue weighted by molar-refractivity contribution is 6.09. The number of para-hydroxylation sites is 1. The van der Waals surface area contributed by atoms with Gasteiger partial charge in [0.2, 0.25) is 5.91 Å². The quantitative estimate of drug-likeness (QED) is 0.512. The van der Waals surface area contributed by atoms with Crippen LogP contribution in [0.15, 0.2) is 42.5 Å². The van der Waals surface area contributed by atoms with Crippen LogP contribution in [0.4, 0.5) is 0 Å². The van der Waals surface area contributed by atoms with Gasteiger partial charge in [0, 0.05) is 34.4 Å². The summed E-state index contributed by atoms with van der Waals surface area (Å²) in [6.07, 6.45) is 6.75. The molecule has 4 rings (SSSR count). The van der Waals surface area contributed by atoms with Crippen molar-refractivity contribution in [3.63, 3.8) is 0 Å². The van der Waals surface area contributed by atoms with Gasteiger partial charge < -0.3 is 14.2 Å². The third kappa shape index (κ3) is 3.61. The summed E-state index contributed by atoms with van der Waals surface area (Å²) in [5.74, 6) is 1.08. The summed E-state index contributed by atoms with van der Waals surface area (Å²) < 4.78 is 7.65. The van der Waals surface area contributed by atoms with E-state index < -0.39 is 0 Å². The second kappa shape index (κ2) is 8.48. The van der Waals surface area contributed by atoms with Gasteiger partial charge in [-0.2, -0.15) is 0 Å². The summed E-state index contributed by atoms with van der Waals surface area (Å²) in [6, 6.07) is 15.3. The molecule has 0 N–H and O–H groups in total. The summed E-state index contributed by atoms with van der Waals surface area (Å²) in [7, 11) is 1.69. The predicted octanol–water partition coefficient (Wildman–Crippen LogP) is 5.76. The summed E-state index contributed by atoms with van der Waals surface area (Å²) >= 11 is 0. The Labute approximate surface area is 173 Å². The fourth-order valence-electron chi connectivity index (χ4n) is 5.14. The molecule has 1 fully saturated rings. The molecule has 1 aliphatic rings. The van der Waals surface area contributed by atoms with E-state index >= 15 is 0 Å². The number of carbonyl (C=O) groups is 1. The van der Waals surface area contributed by atoms with Crippen molar-refractivity contribution in [2.75, 3.05) is 7.11 Å². The molecule has 0 bridgehead atoms. The SMILES string of the molecule is CCCC1CCC(CCC)N1C(=O)Cn1c2ccccc2c2ccc(OC)cc21. The molecule has 0 aliphatic carbocycles. The van der Waals surface area contributed by atoms with E-state index in [0.29, 0.717) is 18.6 Å². The number of hydrogen-bond donors (Lipinski definition) is 0. The molecule has 2 aromatic carbocycles. The van der Waals surface area contributed by atoms with E-state index in [1.807, 2.05) is 6.07 Å². The Morgan fingerprint density at radius 2 is 1.62 bits per heavy atom. The van der Waals surface area contributed by atoms with Gasteiger partial charge >= 0.3 is 0 Å². The molecule has 1 saturated heterocycles. The van der Waals surface area contributed by atoms with E-state index in [2.05, 4.69) is 59.7 Å². The van der Waals surface area contributed by atoms with Crippen molar-refractivity contribution >= 4 is 27.7 Å². The maximum absolute atomic E-state index is 13.6. The number of aromatic nitrogens is 1. The molecule has 29 heavy (non-hydrogen) atoms. The van der Waals surface area contributed by atoms with Crippen LogP contribution >= 0.6 is 0 Å². The first-order chi connectivity index (χ1) is 14.2. The number of amides is 1. The van der Waals surface area contributed by atoms with E-state index in [0.717, 1.165) is 55.3 Å². The smallest absolute Gasteiger partial charge is 0.243 e. The van der Waals surface area contributed by atoms with Gasteiger partial charge in [-0.3, -0.25) is 4.79 Å². The minimum Gasteiger partial charge on any atom is -0.497 e. The lowest BCUT2D eigenvalue weighted by atomic mass is 10.1. The highest BCUT2D eigenvalue weighted by atomic mass is 16.5. The summed E-state index contributed by atoms with van der Waals surface area (Å²) in [4.78, 5) is 15.8. The van der Waals surface area contributed by atoms with Crippen molar-refractivity contribution < 1.29 is 9.53 Å². The Hall–Kier alpha value is -2.49. The molecular formula is C25H32N2O2. The largest absolute Gasteiger partial charge is 0.497 e. The van der Waals surface area contributed by atoms with Crippen molar-refractivity contribution in [1.29, 1.82) is 0 Å². The number of ether oxygens (including phenoxy) is 1. The summed E-state index contributed by atoms with van der Waals surface area (Å²) in [5, 5.41) is 2.36. The van der Waals surface area contributed by atoms with Crippen LogP contribution in [0.1, 0.15) is 52.4 Å². The Balaban J connectivity index is 1.74. The second-order valence-corrected chi connectivity index (χ2v) is 8.25. The lowest BCUT2D eigenvalue weighted by molar-refractivity contribution is -0.134. The normalized spacial score (nSPS) is 19.3. The zero-order valence-corrected chi connectivity index (χ0v) is 17.9. The molecule has 2 atom stereocenters. The number of fused-ring (bicyclic) bond motifs is 3. The molecule has 3 aromatic rings. The van der Waals surface area contributed by atoms with E-state index in [9.17, 15) is 4.79 Å². The first-order valence-electron chi connectivity index (χ1n) is 11.0. The van der Waals surface area contributed by atoms with Crippen LogP contribution in [0.3, 0.4) is 0 Å². The predicted molar refractivity (Wildman–Crippen MR) is 119 cm³/mol. The van der Waals surface area contributed by atoms with E-state index in [1.165, 1.54) is 10.8 Å². The molecular weight excluding hydrogens is 360 g/mol. The molecule has 0 saturated carbocycles. The van der Waals surface area contributed by atoms with Crippen molar-refractivity contribution in [3.8, 4) is 5.75 Å². The van der Waals surface area contributed by atoms with Crippen LogP contribution in [-0.4, -0.2) is 34.6 Å². The number of methoxy groups -OCH3 is 1. The van der Waals surface area contributed by atoms with Gasteiger partial charge in [0.05, 0.1) is 12.6 Å². The second-order valence-electron chi connectivity index (χ2n) is 8.25. The average molecular weight is 393 g/mol. The minimum absolute atomic E-state index is 0.255. The van der Waals surface area contributed by atoms with Crippen LogP contribution in [0.25, 0.3) is 21.8 Å². The van der Waals surface area contributed by atoms with Gasteiger partial charge in [0.25, 0.3) is 0 Å². The van der Waals surface area contributed by atoms with Crippen LogP contribution < -0.4 is 4.74 Å². The first-order valence-corrected chi connectivity index (χ1v) is 11.0. The Morgan fingerprint density at radius 1 is 0.966 bits per heavy atom. The fraction of sp³-hybridized carbons (Fsp3) is 0.480.